The number of halogens is 1. The van der Waals surface area contributed by atoms with E-state index in [1.807, 2.05) is 31.2 Å². The Labute approximate surface area is 174 Å². The average Bonchev–Trinajstić information content (AvgIpc) is 2.74. The third-order valence-electron chi connectivity index (χ3n) is 4.27. The zero-order valence-electron chi connectivity index (χ0n) is 16.7. The fourth-order valence-corrected chi connectivity index (χ4v) is 2.87. The van der Waals surface area contributed by atoms with Crippen LogP contribution in [0.15, 0.2) is 59.7 Å². The number of hydrazone groups is 1. The van der Waals surface area contributed by atoms with Crippen LogP contribution in [-0.4, -0.2) is 18.3 Å². The van der Waals surface area contributed by atoms with Gasteiger partial charge in [0.25, 0.3) is 0 Å². The number of nitriles is 1. The van der Waals surface area contributed by atoms with Crippen LogP contribution in [0.3, 0.4) is 0 Å². The lowest BCUT2D eigenvalue weighted by atomic mass is 10.1. The fraction of sp³-hybridized carbons (Fsp3) is 0.174. The van der Waals surface area contributed by atoms with Crippen LogP contribution >= 0.6 is 0 Å². The molecule has 0 atom stereocenters. The normalized spacial score (nSPS) is 10.7. The van der Waals surface area contributed by atoms with Gasteiger partial charge in [0, 0.05) is 29.5 Å². The van der Waals surface area contributed by atoms with E-state index in [0.717, 1.165) is 11.3 Å². The Morgan fingerprint density at radius 2 is 1.90 bits per heavy atom. The number of anilines is 1. The Bertz CT molecular complexity index is 1090. The van der Waals surface area contributed by atoms with E-state index in [1.165, 1.54) is 6.07 Å². The second kappa shape index (κ2) is 10.1. The summed E-state index contributed by atoms with van der Waals surface area (Å²) in [6.45, 7) is 2.24. The predicted molar refractivity (Wildman–Crippen MR) is 113 cm³/mol. The molecule has 3 aromatic rings. The molecular weight excluding hydrogens is 383 g/mol. The van der Waals surface area contributed by atoms with Crippen molar-refractivity contribution in [2.45, 2.75) is 20.1 Å². The average molecular weight is 404 g/mol. The van der Waals surface area contributed by atoms with Crippen molar-refractivity contribution < 1.29 is 13.9 Å². The molecule has 0 bridgehead atoms. The quantitative estimate of drug-likeness (QED) is 0.439. The van der Waals surface area contributed by atoms with Crippen molar-refractivity contribution in [2.75, 3.05) is 12.5 Å². The summed E-state index contributed by atoms with van der Waals surface area (Å²) < 4.78 is 24.7. The number of aromatic nitrogens is 1. The van der Waals surface area contributed by atoms with E-state index in [2.05, 4.69) is 21.6 Å². The fourth-order valence-electron chi connectivity index (χ4n) is 2.87. The van der Waals surface area contributed by atoms with Crippen molar-refractivity contribution in [1.29, 1.82) is 5.26 Å². The molecule has 0 unspecified atom stereocenters. The van der Waals surface area contributed by atoms with Gasteiger partial charge in [-0.15, -0.1) is 0 Å². The molecule has 1 N–H and O–H groups in total. The largest absolute Gasteiger partial charge is 0.488 e. The summed E-state index contributed by atoms with van der Waals surface area (Å²) in [4.78, 5) is 4.35. The Balaban J connectivity index is 1.76. The first-order valence-electron chi connectivity index (χ1n) is 9.26. The van der Waals surface area contributed by atoms with Crippen LogP contribution in [-0.2, 0) is 18.0 Å². The lowest BCUT2D eigenvalue weighted by molar-refractivity contribution is 0.184. The summed E-state index contributed by atoms with van der Waals surface area (Å²) in [5.41, 5.74) is 5.85. The molecule has 1 aromatic heterocycles. The summed E-state index contributed by atoms with van der Waals surface area (Å²) >= 11 is 0. The molecule has 0 saturated heterocycles. The van der Waals surface area contributed by atoms with Crippen molar-refractivity contribution in [3.63, 3.8) is 0 Å². The van der Waals surface area contributed by atoms with Crippen LogP contribution in [0.1, 0.15) is 27.9 Å². The molecule has 0 radical (unpaired) electrons. The van der Waals surface area contributed by atoms with E-state index in [9.17, 15) is 9.65 Å². The topological polar surface area (TPSA) is 79.5 Å². The van der Waals surface area contributed by atoms with E-state index in [-0.39, 0.29) is 12.4 Å². The number of pyridine rings is 1. The van der Waals surface area contributed by atoms with Crippen molar-refractivity contribution in [3.05, 3.63) is 88.4 Å². The Kier molecular flexibility index (Phi) is 7.09. The minimum atomic E-state index is -0.313. The molecule has 2 aromatic carbocycles. The minimum absolute atomic E-state index is 0.101. The third kappa shape index (κ3) is 5.19. The maximum atomic E-state index is 13.8. The number of para-hydroxylation sites is 1. The lowest BCUT2D eigenvalue weighted by Gasteiger charge is -2.10. The molecular formula is C23H21FN4O2. The van der Waals surface area contributed by atoms with Crippen molar-refractivity contribution in [1.82, 2.24) is 4.98 Å². The molecule has 0 amide bonds. The van der Waals surface area contributed by atoms with Gasteiger partial charge in [0.15, 0.2) is 5.82 Å². The lowest BCUT2D eigenvalue weighted by Crippen LogP contribution is -2.04. The zero-order chi connectivity index (χ0) is 21.3. The van der Waals surface area contributed by atoms with Crippen LogP contribution in [0.2, 0.25) is 0 Å². The second-order valence-electron chi connectivity index (χ2n) is 6.48. The van der Waals surface area contributed by atoms with Gasteiger partial charge in [-0.2, -0.15) is 10.4 Å². The first-order valence-corrected chi connectivity index (χ1v) is 9.26. The first kappa shape index (κ1) is 21.0. The predicted octanol–water partition coefficient (Wildman–Crippen LogP) is 4.57. The molecule has 7 heteroatoms. The summed E-state index contributed by atoms with van der Waals surface area (Å²) in [5, 5.41) is 13.7. The maximum Gasteiger partial charge on any atom is 0.164 e. The third-order valence-corrected chi connectivity index (χ3v) is 4.27. The summed E-state index contributed by atoms with van der Waals surface area (Å²) in [7, 11) is 1.57. The molecule has 0 aliphatic heterocycles. The summed E-state index contributed by atoms with van der Waals surface area (Å²) in [6.07, 6.45) is 1.57. The molecule has 3 rings (SSSR count). The van der Waals surface area contributed by atoms with Crippen LogP contribution in [0.4, 0.5) is 10.2 Å². The number of ether oxygens (including phenoxy) is 2. The van der Waals surface area contributed by atoms with Crippen molar-refractivity contribution >= 4 is 12.0 Å². The van der Waals surface area contributed by atoms with E-state index < -0.39 is 0 Å². The second-order valence-corrected chi connectivity index (χ2v) is 6.48. The molecule has 1 heterocycles. The highest BCUT2D eigenvalue weighted by Gasteiger charge is 2.11. The Morgan fingerprint density at radius 3 is 2.67 bits per heavy atom. The number of nitrogens with zero attached hydrogens (tertiary/aromatic N) is 3. The number of hydrogen-bond acceptors (Lipinski definition) is 6. The molecule has 0 saturated carbocycles. The molecule has 152 valence electrons. The van der Waals surface area contributed by atoms with Crippen LogP contribution < -0.4 is 10.2 Å². The van der Waals surface area contributed by atoms with Crippen molar-refractivity contribution in [2.24, 2.45) is 5.10 Å². The first-order chi connectivity index (χ1) is 14.6. The van der Waals surface area contributed by atoms with E-state index in [0.29, 0.717) is 34.9 Å². The molecule has 0 fully saturated rings. The highest BCUT2D eigenvalue weighted by atomic mass is 19.1. The van der Waals surface area contributed by atoms with Gasteiger partial charge in [0.1, 0.15) is 29.8 Å². The Morgan fingerprint density at radius 1 is 1.13 bits per heavy atom. The smallest absolute Gasteiger partial charge is 0.164 e. The monoisotopic (exact) mass is 404 g/mol. The van der Waals surface area contributed by atoms with Gasteiger partial charge in [0.05, 0.1) is 12.8 Å². The van der Waals surface area contributed by atoms with Crippen LogP contribution in [0.5, 0.6) is 5.75 Å². The maximum absolute atomic E-state index is 13.8. The summed E-state index contributed by atoms with van der Waals surface area (Å²) in [6, 6.07) is 17.7. The van der Waals surface area contributed by atoms with Crippen molar-refractivity contribution in [3.8, 4) is 11.8 Å². The number of methoxy groups -OCH3 is 1. The zero-order valence-corrected chi connectivity index (χ0v) is 16.7. The van der Waals surface area contributed by atoms with Crippen LogP contribution in [0.25, 0.3) is 0 Å². The standard InChI is InChI=1S/C23H21FN4O2/c1-16-11-19(14-29-2)20(12-25)23(27-16)28-26-13-17-7-4-6-10-22(17)30-15-18-8-3-5-9-21(18)24/h3-11,13H,14-15H2,1-2H3,(H,27,28)/b26-13-. The molecule has 30 heavy (non-hydrogen) atoms. The molecule has 0 aliphatic carbocycles. The van der Waals surface area contributed by atoms with Gasteiger partial charge < -0.3 is 9.47 Å². The van der Waals surface area contributed by atoms with E-state index in [1.54, 1.807) is 37.6 Å². The highest BCUT2D eigenvalue weighted by Crippen LogP contribution is 2.21. The van der Waals surface area contributed by atoms with Gasteiger partial charge in [-0.3, -0.25) is 5.43 Å². The molecule has 0 spiro atoms. The van der Waals surface area contributed by atoms with Gasteiger partial charge in [-0.1, -0.05) is 30.3 Å². The molecule has 6 nitrogen and oxygen atoms in total. The highest BCUT2D eigenvalue weighted by molar-refractivity contribution is 5.84. The number of benzene rings is 2. The Hall–Kier alpha value is -3.76. The number of aryl methyl sites for hydroxylation is 1. The van der Waals surface area contributed by atoms with E-state index in [4.69, 9.17) is 9.47 Å². The van der Waals surface area contributed by atoms with E-state index >= 15 is 0 Å². The van der Waals surface area contributed by atoms with Gasteiger partial charge in [-0.05, 0) is 31.2 Å². The number of rotatable bonds is 8. The number of hydrogen-bond donors (Lipinski definition) is 1. The number of nitrogens with one attached hydrogen (secondary N) is 1. The minimum Gasteiger partial charge on any atom is -0.488 e. The van der Waals surface area contributed by atoms with Crippen LogP contribution in [0, 0.1) is 24.1 Å². The van der Waals surface area contributed by atoms with Gasteiger partial charge in [0.2, 0.25) is 0 Å². The van der Waals surface area contributed by atoms with Gasteiger partial charge in [-0.25, -0.2) is 9.37 Å². The summed E-state index contributed by atoms with van der Waals surface area (Å²) in [5.74, 6) is 0.598. The SMILES string of the molecule is COCc1cc(C)nc(N/N=C\c2ccccc2OCc2ccccc2F)c1C#N. The van der Waals surface area contributed by atoms with Gasteiger partial charge >= 0.3 is 0 Å². The molecule has 0 aliphatic rings.